The van der Waals surface area contributed by atoms with E-state index in [0.29, 0.717) is 0 Å². The average molecular weight is 221 g/mol. The number of nitrogens with zero attached hydrogens (tertiary/aromatic N) is 1. The summed E-state index contributed by atoms with van der Waals surface area (Å²) in [6, 6.07) is 8.77. The van der Waals surface area contributed by atoms with Gasteiger partial charge in [-0.2, -0.15) is 0 Å². The SMILES string of the molecule is C=N[Si](C)(C)c1ccccc1[SiH](C)C. The van der Waals surface area contributed by atoms with Crippen molar-refractivity contribution in [3.63, 3.8) is 0 Å². The van der Waals surface area contributed by atoms with E-state index >= 15 is 0 Å². The van der Waals surface area contributed by atoms with Crippen molar-refractivity contribution < 1.29 is 0 Å². The van der Waals surface area contributed by atoms with E-state index in [1.54, 1.807) is 5.19 Å². The molecule has 0 heterocycles. The lowest BCUT2D eigenvalue weighted by Gasteiger charge is -2.21. The third kappa shape index (κ3) is 2.22. The molecule has 1 nitrogen and oxygen atoms in total. The highest BCUT2D eigenvalue weighted by molar-refractivity contribution is 6.93. The molecule has 0 aliphatic heterocycles. The molecule has 3 heteroatoms. The molecule has 0 saturated heterocycles. The molecule has 0 saturated carbocycles. The molecule has 0 unspecified atom stereocenters. The minimum atomic E-state index is -1.61. The average Bonchev–Trinajstić information content (AvgIpc) is 2.18. The van der Waals surface area contributed by atoms with E-state index in [4.69, 9.17) is 0 Å². The molecule has 1 aromatic rings. The van der Waals surface area contributed by atoms with Crippen molar-refractivity contribution in [1.29, 1.82) is 0 Å². The lowest BCUT2D eigenvalue weighted by molar-refractivity contribution is 1.62. The van der Waals surface area contributed by atoms with E-state index in [9.17, 15) is 0 Å². The molecule has 14 heavy (non-hydrogen) atoms. The second kappa shape index (κ2) is 4.23. The summed E-state index contributed by atoms with van der Waals surface area (Å²) in [5.41, 5.74) is 0. The van der Waals surface area contributed by atoms with Crippen molar-refractivity contribution in [3.05, 3.63) is 24.3 Å². The molecule has 0 fully saturated rings. The summed E-state index contributed by atoms with van der Waals surface area (Å²) in [7, 11) is -2.35. The van der Waals surface area contributed by atoms with Gasteiger partial charge in [-0.15, -0.1) is 0 Å². The Bertz CT molecular complexity index is 332. The first kappa shape index (κ1) is 11.4. The molecule has 0 radical (unpaired) electrons. The molecule has 0 spiro atoms. The van der Waals surface area contributed by atoms with E-state index in [0.717, 1.165) is 0 Å². The van der Waals surface area contributed by atoms with Gasteiger partial charge in [0.25, 0.3) is 0 Å². The van der Waals surface area contributed by atoms with E-state index < -0.39 is 17.0 Å². The third-order valence-corrected chi connectivity index (χ3v) is 7.24. The number of hydrogen-bond donors (Lipinski definition) is 0. The van der Waals surface area contributed by atoms with Gasteiger partial charge in [-0.1, -0.05) is 42.5 Å². The van der Waals surface area contributed by atoms with Crippen molar-refractivity contribution in [1.82, 2.24) is 0 Å². The molecule has 1 aromatic carbocycles. The molecular weight excluding hydrogens is 202 g/mol. The van der Waals surface area contributed by atoms with Crippen LogP contribution in [0.25, 0.3) is 0 Å². The first-order chi connectivity index (χ1) is 6.49. The Kier molecular flexibility index (Phi) is 3.45. The second-order valence-electron chi connectivity index (χ2n) is 4.46. The highest BCUT2D eigenvalue weighted by Gasteiger charge is 2.25. The van der Waals surface area contributed by atoms with Crippen molar-refractivity contribution in [2.75, 3.05) is 0 Å². The van der Waals surface area contributed by atoms with Crippen molar-refractivity contribution in [2.24, 2.45) is 4.66 Å². The van der Waals surface area contributed by atoms with Crippen LogP contribution in [-0.4, -0.2) is 23.7 Å². The molecular formula is C11H19NSi2. The molecule has 0 aliphatic carbocycles. The van der Waals surface area contributed by atoms with Gasteiger partial charge in [0.2, 0.25) is 8.24 Å². The van der Waals surface area contributed by atoms with Gasteiger partial charge in [-0.3, -0.25) is 0 Å². The smallest absolute Gasteiger partial charge is 0.204 e. The van der Waals surface area contributed by atoms with Crippen molar-refractivity contribution >= 4 is 34.1 Å². The van der Waals surface area contributed by atoms with E-state index in [2.05, 4.69) is 61.8 Å². The van der Waals surface area contributed by atoms with Crippen LogP contribution in [0, 0.1) is 0 Å². The summed E-state index contributed by atoms with van der Waals surface area (Å²) in [5, 5.41) is 3.05. The van der Waals surface area contributed by atoms with Crippen LogP contribution < -0.4 is 10.4 Å². The van der Waals surface area contributed by atoms with Crippen LogP contribution in [-0.2, 0) is 0 Å². The summed E-state index contributed by atoms with van der Waals surface area (Å²) in [4.78, 5) is 0. The quantitative estimate of drug-likeness (QED) is 0.542. The Morgan fingerprint density at radius 1 is 1.21 bits per heavy atom. The van der Waals surface area contributed by atoms with Crippen LogP contribution in [0.4, 0.5) is 0 Å². The van der Waals surface area contributed by atoms with Crippen LogP contribution in [0.15, 0.2) is 28.9 Å². The molecule has 0 bridgehead atoms. The zero-order valence-corrected chi connectivity index (χ0v) is 11.7. The minimum Gasteiger partial charge on any atom is -0.331 e. The lowest BCUT2D eigenvalue weighted by Crippen LogP contribution is -2.52. The highest BCUT2D eigenvalue weighted by atomic mass is 28.3. The van der Waals surface area contributed by atoms with E-state index in [1.807, 2.05) is 0 Å². The summed E-state index contributed by atoms with van der Waals surface area (Å²) >= 11 is 0. The largest absolute Gasteiger partial charge is 0.331 e. The number of benzene rings is 1. The third-order valence-electron chi connectivity index (χ3n) is 2.64. The Morgan fingerprint density at radius 3 is 2.29 bits per heavy atom. The highest BCUT2D eigenvalue weighted by Crippen LogP contribution is 2.03. The van der Waals surface area contributed by atoms with Gasteiger partial charge in [0, 0.05) is 0 Å². The summed E-state index contributed by atoms with van der Waals surface area (Å²) in [6.45, 7) is 13.0. The molecule has 0 amide bonds. The topological polar surface area (TPSA) is 12.4 Å². The molecule has 0 aromatic heterocycles. The Balaban J connectivity index is 3.26. The predicted octanol–water partition coefficient (Wildman–Crippen LogP) is 1.49. The molecule has 0 N–H and O–H groups in total. The van der Waals surface area contributed by atoms with Crippen LogP contribution in [0.2, 0.25) is 26.2 Å². The van der Waals surface area contributed by atoms with Crippen molar-refractivity contribution in [2.45, 2.75) is 26.2 Å². The first-order valence-electron chi connectivity index (χ1n) is 5.06. The van der Waals surface area contributed by atoms with Gasteiger partial charge in [0.1, 0.15) is 0 Å². The minimum absolute atomic E-state index is 0.735. The molecule has 0 aliphatic rings. The Labute approximate surface area is 89.6 Å². The fraction of sp³-hybridized carbons (Fsp3) is 0.364. The summed E-state index contributed by atoms with van der Waals surface area (Å²) in [6.07, 6.45) is 0. The maximum atomic E-state index is 4.34. The van der Waals surface area contributed by atoms with Crippen LogP contribution in [0.1, 0.15) is 0 Å². The molecule has 0 atom stereocenters. The monoisotopic (exact) mass is 221 g/mol. The number of hydrogen-bond acceptors (Lipinski definition) is 1. The Morgan fingerprint density at radius 2 is 1.79 bits per heavy atom. The normalized spacial score (nSPS) is 11.8. The Hall–Kier alpha value is -0.676. The molecule has 76 valence electrons. The zero-order valence-electron chi connectivity index (χ0n) is 9.54. The lowest BCUT2D eigenvalue weighted by atomic mass is 10.4. The molecule has 1 rings (SSSR count). The predicted molar refractivity (Wildman–Crippen MR) is 71.6 cm³/mol. The first-order valence-corrected chi connectivity index (χ1v) is 10.9. The van der Waals surface area contributed by atoms with Gasteiger partial charge in [0.05, 0.1) is 8.80 Å². The fourth-order valence-corrected chi connectivity index (χ4v) is 6.25. The van der Waals surface area contributed by atoms with Gasteiger partial charge in [0.15, 0.2) is 0 Å². The maximum absolute atomic E-state index is 4.34. The van der Waals surface area contributed by atoms with Gasteiger partial charge in [-0.25, -0.2) is 0 Å². The van der Waals surface area contributed by atoms with Crippen LogP contribution in [0.5, 0.6) is 0 Å². The van der Waals surface area contributed by atoms with Gasteiger partial charge in [-0.05, 0) is 25.0 Å². The zero-order chi connectivity index (χ0) is 10.8. The summed E-state index contributed by atoms with van der Waals surface area (Å²) in [5.74, 6) is 0. The van der Waals surface area contributed by atoms with E-state index in [1.165, 1.54) is 5.19 Å². The maximum Gasteiger partial charge on any atom is 0.204 e. The fourth-order valence-electron chi connectivity index (χ4n) is 1.64. The standard InChI is InChI=1S/C11H19NSi2/c1-12-14(4,5)11-9-7-6-8-10(11)13(2)3/h6-9,13H,1H2,2-5H3. The summed E-state index contributed by atoms with van der Waals surface area (Å²) < 4.78 is 4.34. The second-order valence-corrected chi connectivity index (χ2v) is 11.4. The number of rotatable bonds is 3. The van der Waals surface area contributed by atoms with Crippen LogP contribution >= 0.6 is 0 Å². The van der Waals surface area contributed by atoms with Gasteiger partial charge >= 0.3 is 0 Å². The van der Waals surface area contributed by atoms with Gasteiger partial charge < -0.3 is 4.66 Å². The van der Waals surface area contributed by atoms with Crippen molar-refractivity contribution in [3.8, 4) is 0 Å². The van der Waals surface area contributed by atoms with Crippen LogP contribution in [0.3, 0.4) is 0 Å². The van der Waals surface area contributed by atoms with E-state index in [-0.39, 0.29) is 0 Å².